The molecule has 18 heavy (non-hydrogen) atoms. The lowest BCUT2D eigenvalue weighted by molar-refractivity contribution is 0.0761. The summed E-state index contributed by atoms with van der Waals surface area (Å²) in [5.74, 6) is 1.29. The molecule has 2 heteroatoms. The molecular formula is C16H23NO. The Morgan fingerprint density at radius 2 is 2.00 bits per heavy atom. The number of anilines is 1. The first-order valence-corrected chi connectivity index (χ1v) is 7.29. The summed E-state index contributed by atoms with van der Waals surface area (Å²) in [7, 11) is 0. The fraction of sp³-hybridized carbons (Fsp3) is 0.625. The Balaban J connectivity index is 1.80. The van der Waals surface area contributed by atoms with E-state index in [0.717, 1.165) is 24.4 Å². The van der Waals surface area contributed by atoms with Gasteiger partial charge in [0.25, 0.3) is 0 Å². The third-order valence-corrected chi connectivity index (χ3v) is 4.70. The first kappa shape index (κ1) is 12.0. The van der Waals surface area contributed by atoms with Crippen LogP contribution in [0.25, 0.3) is 0 Å². The molecule has 1 atom stereocenters. The van der Waals surface area contributed by atoms with E-state index in [1.807, 2.05) is 0 Å². The SMILES string of the molecule is CC1CCC(C(O)c2cccc3c2NCC3)CC1. The molecule has 1 fully saturated rings. The molecule has 1 unspecified atom stereocenters. The normalized spacial score (nSPS) is 28.6. The lowest BCUT2D eigenvalue weighted by atomic mass is 9.78. The van der Waals surface area contributed by atoms with Gasteiger partial charge in [-0.15, -0.1) is 0 Å². The van der Waals surface area contributed by atoms with Crippen molar-refractivity contribution in [1.29, 1.82) is 0 Å². The number of aliphatic hydroxyl groups is 1. The van der Waals surface area contributed by atoms with Crippen molar-refractivity contribution in [2.45, 2.75) is 45.1 Å². The maximum absolute atomic E-state index is 10.7. The van der Waals surface area contributed by atoms with Crippen LogP contribution in [0.2, 0.25) is 0 Å². The summed E-state index contributed by atoms with van der Waals surface area (Å²) in [5.41, 5.74) is 3.71. The Labute approximate surface area is 109 Å². The van der Waals surface area contributed by atoms with E-state index < -0.39 is 0 Å². The van der Waals surface area contributed by atoms with Gasteiger partial charge >= 0.3 is 0 Å². The van der Waals surface area contributed by atoms with Crippen molar-refractivity contribution in [3.05, 3.63) is 29.3 Å². The van der Waals surface area contributed by atoms with Crippen LogP contribution >= 0.6 is 0 Å². The van der Waals surface area contributed by atoms with Crippen molar-refractivity contribution in [1.82, 2.24) is 0 Å². The van der Waals surface area contributed by atoms with Gasteiger partial charge in [-0.05, 0) is 36.7 Å². The summed E-state index contributed by atoms with van der Waals surface area (Å²) in [6, 6.07) is 6.37. The van der Waals surface area contributed by atoms with Crippen LogP contribution in [0.15, 0.2) is 18.2 Å². The van der Waals surface area contributed by atoms with Gasteiger partial charge < -0.3 is 10.4 Å². The monoisotopic (exact) mass is 245 g/mol. The molecule has 1 aromatic rings. The van der Waals surface area contributed by atoms with Gasteiger partial charge in [0.15, 0.2) is 0 Å². The van der Waals surface area contributed by atoms with Gasteiger partial charge in [-0.1, -0.05) is 38.0 Å². The van der Waals surface area contributed by atoms with Crippen LogP contribution in [-0.2, 0) is 6.42 Å². The average Bonchev–Trinajstić information content (AvgIpc) is 2.87. The standard InChI is InChI=1S/C16H23NO/c1-11-5-7-13(8-6-11)16(18)14-4-2-3-12-9-10-17-15(12)14/h2-4,11,13,16-18H,5-10H2,1H3. The third-order valence-electron chi connectivity index (χ3n) is 4.70. The molecule has 3 rings (SSSR count). The van der Waals surface area contributed by atoms with Gasteiger partial charge in [0.1, 0.15) is 0 Å². The number of benzene rings is 1. The van der Waals surface area contributed by atoms with Gasteiger partial charge in [-0.2, -0.15) is 0 Å². The van der Waals surface area contributed by atoms with Crippen molar-refractivity contribution < 1.29 is 5.11 Å². The molecule has 0 bridgehead atoms. The highest BCUT2D eigenvalue weighted by Crippen LogP contribution is 2.40. The third kappa shape index (κ3) is 2.14. The predicted molar refractivity (Wildman–Crippen MR) is 74.7 cm³/mol. The quantitative estimate of drug-likeness (QED) is 0.835. The highest BCUT2D eigenvalue weighted by atomic mass is 16.3. The molecule has 1 aliphatic heterocycles. The number of fused-ring (bicyclic) bond motifs is 1. The summed E-state index contributed by atoms with van der Waals surface area (Å²) < 4.78 is 0. The highest BCUT2D eigenvalue weighted by molar-refractivity contribution is 5.62. The molecule has 2 nitrogen and oxygen atoms in total. The molecule has 0 spiro atoms. The van der Waals surface area contributed by atoms with Crippen LogP contribution in [0, 0.1) is 11.8 Å². The van der Waals surface area contributed by atoms with E-state index in [1.165, 1.54) is 36.9 Å². The van der Waals surface area contributed by atoms with Crippen molar-refractivity contribution >= 4 is 5.69 Å². The first-order valence-electron chi connectivity index (χ1n) is 7.29. The number of nitrogens with one attached hydrogen (secondary N) is 1. The lowest BCUT2D eigenvalue weighted by Crippen LogP contribution is -2.20. The second-order valence-corrected chi connectivity index (χ2v) is 6.02. The lowest BCUT2D eigenvalue weighted by Gasteiger charge is -2.30. The van der Waals surface area contributed by atoms with Crippen molar-refractivity contribution in [3.8, 4) is 0 Å². The van der Waals surface area contributed by atoms with E-state index in [0.29, 0.717) is 5.92 Å². The summed E-state index contributed by atoms with van der Waals surface area (Å²) in [5, 5.41) is 14.1. The van der Waals surface area contributed by atoms with Crippen LogP contribution < -0.4 is 5.32 Å². The molecule has 1 aliphatic carbocycles. The topological polar surface area (TPSA) is 32.3 Å². The molecule has 0 radical (unpaired) electrons. The van der Waals surface area contributed by atoms with Crippen molar-refractivity contribution in [3.63, 3.8) is 0 Å². The molecule has 2 N–H and O–H groups in total. The fourth-order valence-corrected chi connectivity index (χ4v) is 3.47. The van der Waals surface area contributed by atoms with Crippen molar-refractivity contribution in [2.24, 2.45) is 11.8 Å². The van der Waals surface area contributed by atoms with E-state index in [-0.39, 0.29) is 6.10 Å². The van der Waals surface area contributed by atoms with Crippen LogP contribution in [0.4, 0.5) is 5.69 Å². The Kier molecular flexibility index (Phi) is 3.29. The first-order chi connectivity index (χ1) is 8.75. The zero-order valence-electron chi connectivity index (χ0n) is 11.2. The minimum Gasteiger partial charge on any atom is -0.388 e. The van der Waals surface area contributed by atoms with Gasteiger partial charge in [0.2, 0.25) is 0 Å². The minimum atomic E-state index is -0.280. The second kappa shape index (κ2) is 4.93. The summed E-state index contributed by atoms with van der Waals surface area (Å²) in [4.78, 5) is 0. The molecule has 0 saturated heterocycles. The number of rotatable bonds is 2. The Hall–Kier alpha value is -1.02. The molecule has 1 heterocycles. The second-order valence-electron chi connectivity index (χ2n) is 6.02. The summed E-state index contributed by atoms with van der Waals surface area (Å²) >= 11 is 0. The maximum Gasteiger partial charge on any atom is 0.0838 e. The van der Waals surface area contributed by atoms with Gasteiger partial charge in [-0.3, -0.25) is 0 Å². The van der Waals surface area contributed by atoms with Crippen molar-refractivity contribution in [2.75, 3.05) is 11.9 Å². The highest BCUT2D eigenvalue weighted by Gasteiger charge is 2.28. The number of hydrogen-bond acceptors (Lipinski definition) is 2. The fourth-order valence-electron chi connectivity index (χ4n) is 3.47. The predicted octanol–water partition coefficient (Wildman–Crippen LogP) is 3.51. The molecule has 0 amide bonds. The Bertz CT molecular complexity index is 421. The largest absolute Gasteiger partial charge is 0.388 e. The van der Waals surface area contributed by atoms with Gasteiger partial charge in [0.05, 0.1) is 6.10 Å². The number of para-hydroxylation sites is 1. The number of aliphatic hydroxyl groups excluding tert-OH is 1. The van der Waals surface area contributed by atoms with E-state index in [9.17, 15) is 5.11 Å². The molecule has 1 aromatic carbocycles. The molecule has 0 aromatic heterocycles. The van der Waals surface area contributed by atoms with E-state index >= 15 is 0 Å². The van der Waals surface area contributed by atoms with Gasteiger partial charge in [0, 0.05) is 17.8 Å². The zero-order valence-corrected chi connectivity index (χ0v) is 11.2. The summed E-state index contributed by atoms with van der Waals surface area (Å²) in [6.45, 7) is 3.34. The number of hydrogen-bond donors (Lipinski definition) is 2. The van der Waals surface area contributed by atoms with Crippen LogP contribution in [0.5, 0.6) is 0 Å². The minimum absolute atomic E-state index is 0.280. The van der Waals surface area contributed by atoms with Gasteiger partial charge in [-0.25, -0.2) is 0 Å². The maximum atomic E-state index is 10.7. The van der Waals surface area contributed by atoms with E-state index in [4.69, 9.17) is 0 Å². The van der Waals surface area contributed by atoms with Crippen LogP contribution in [0.3, 0.4) is 0 Å². The van der Waals surface area contributed by atoms with E-state index in [2.05, 4.69) is 30.4 Å². The Morgan fingerprint density at radius 1 is 1.22 bits per heavy atom. The molecule has 1 saturated carbocycles. The average molecular weight is 245 g/mol. The Morgan fingerprint density at radius 3 is 2.78 bits per heavy atom. The van der Waals surface area contributed by atoms with Crippen LogP contribution in [0.1, 0.15) is 49.8 Å². The zero-order chi connectivity index (χ0) is 12.5. The van der Waals surface area contributed by atoms with E-state index in [1.54, 1.807) is 0 Å². The molecule has 98 valence electrons. The smallest absolute Gasteiger partial charge is 0.0838 e. The summed E-state index contributed by atoms with van der Waals surface area (Å²) in [6.07, 6.45) is 5.70. The van der Waals surface area contributed by atoms with Crippen LogP contribution in [-0.4, -0.2) is 11.7 Å². The molecular weight excluding hydrogens is 222 g/mol. The molecule has 2 aliphatic rings.